The molecule has 8 heteroatoms. The molecule has 6 nitrogen and oxygen atoms in total. The van der Waals surface area contributed by atoms with Gasteiger partial charge >= 0.3 is 0 Å². The van der Waals surface area contributed by atoms with Crippen LogP contribution in [0.15, 0.2) is 29.3 Å². The van der Waals surface area contributed by atoms with Gasteiger partial charge in [-0.3, -0.25) is 0 Å². The minimum Gasteiger partial charge on any atom is -0.357 e. The van der Waals surface area contributed by atoms with Gasteiger partial charge in [0.1, 0.15) is 12.4 Å². The van der Waals surface area contributed by atoms with Crippen LogP contribution in [0, 0.1) is 0 Å². The van der Waals surface area contributed by atoms with Crippen LogP contribution in [0.25, 0.3) is 0 Å². The van der Waals surface area contributed by atoms with Crippen molar-refractivity contribution < 1.29 is 0 Å². The number of aromatic nitrogens is 3. The average Bonchev–Trinajstić information content (AvgIpc) is 3.17. The van der Waals surface area contributed by atoms with Gasteiger partial charge in [-0.2, -0.15) is 0 Å². The lowest BCUT2D eigenvalue weighted by Gasteiger charge is -2.22. The minimum absolute atomic E-state index is 0. The Morgan fingerprint density at radius 3 is 2.80 bits per heavy atom. The predicted molar refractivity (Wildman–Crippen MR) is 111 cm³/mol. The molecule has 2 heterocycles. The normalized spacial score (nSPS) is 13.3. The number of benzene rings is 1. The van der Waals surface area contributed by atoms with E-state index in [1.54, 1.807) is 0 Å². The van der Waals surface area contributed by atoms with Gasteiger partial charge in [0.25, 0.3) is 0 Å². The number of hydrogen-bond acceptors (Lipinski definition) is 3. The molecule has 0 spiro atoms. The largest absolute Gasteiger partial charge is 0.357 e. The average molecular weight is 475 g/mol. The van der Waals surface area contributed by atoms with Gasteiger partial charge in [-0.1, -0.05) is 23.7 Å². The van der Waals surface area contributed by atoms with Gasteiger partial charge in [0.2, 0.25) is 0 Å². The molecule has 25 heavy (non-hydrogen) atoms. The number of rotatable bonds is 5. The molecule has 3 rings (SSSR count). The molecule has 0 atom stereocenters. The summed E-state index contributed by atoms with van der Waals surface area (Å²) in [6.45, 7) is 5.20. The number of halogens is 2. The number of guanidine groups is 1. The summed E-state index contributed by atoms with van der Waals surface area (Å²) in [5.74, 6) is 2.89. The van der Waals surface area contributed by atoms with Crippen molar-refractivity contribution in [1.29, 1.82) is 0 Å². The van der Waals surface area contributed by atoms with Crippen LogP contribution in [0.4, 0.5) is 0 Å². The third kappa shape index (κ3) is 5.07. The first-order chi connectivity index (χ1) is 11.7. The lowest BCUT2D eigenvalue weighted by atomic mass is 10.2. The van der Waals surface area contributed by atoms with Crippen LogP contribution in [-0.4, -0.2) is 39.2 Å². The van der Waals surface area contributed by atoms with Crippen molar-refractivity contribution in [2.75, 3.05) is 13.6 Å². The first-order valence-corrected chi connectivity index (χ1v) is 8.70. The number of nitrogens with zero attached hydrogens (tertiary/aromatic N) is 5. The quantitative estimate of drug-likeness (QED) is 0.411. The zero-order valence-corrected chi connectivity index (χ0v) is 17.7. The van der Waals surface area contributed by atoms with E-state index in [2.05, 4.69) is 31.9 Å². The summed E-state index contributed by atoms with van der Waals surface area (Å²) in [5, 5.41) is 12.6. The first kappa shape index (κ1) is 20.0. The second kappa shape index (κ2) is 9.38. The van der Waals surface area contributed by atoms with E-state index in [0.29, 0.717) is 6.54 Å². The van der Waals surface area contributed by atoms with Crippen molar-refractivity contribution in [2.24, 2.45) is 4.99 Å². The second-order valence-electron chi connectivity index (χ2n) is 5.94. The van der Waals surface area contributed by atoms with Crippen LogP contribution in [-0.2, 0) is 26.1 Å². The molecule has 0 amide bonds. The second-order valence-corrected chi connectivity index (χ2v) is 6.38. The van der Waals surface area contributed by atoms with E-state index in [9.17, 15) is 0 Å². The maximum Gasteiger partial charge on any atom is 0.194 e. The summed E-state index contributed by atoms with van der Waals surface area (Å²) in [6, 6.07) is 7.89. The molecule has 1 N–H and O–H groups in total. The third-order valence-electron chi connectivity index (χ3n) is 4.09. The lowest BCUT2D eigenvalue weighted by molar-refractivity contribution is 0.476. The van der Waals surface area contributed by atoms with Crippen LogP contribution >= 0.6 is 35.6 Å². The van der Waals surface area contributed by atoms with Gasteiger partial charge in [0.05, 0.1) is 0 Å². The fourth-order valence-corrected chi connectivity index (χ4v) is 3.01. The van der Waals surface area contributed by atoms with Crippen molar-refractivity contribution in [3.8, 4) is 0 Å². The van der Waals surface area contributed by atoms with E-state index < -0.39 is 0 Å². The lowest BCUT2D eigenvalue weighted by Crippen LogP contribution is -2.38. The van der Waals surface area contributed by atoms with Crippen LogP contribution in [0.2, 0.25) is 5.02 Å². The molecule has 0 saturated heterocycles. The summed E-state index contributed by atoms with van der Waals surface area (Å²) in [6.07, 6.45) is 2.17. The smallest absolute Gasteiger partial charge is 0.194 e. The van der Waals surface area contributed by atoms with Crippen molar-refractivity contribution in [3.63, 3.8) is 0 Å². The molecule has 0 fully saturated rings. The van der Waals surface area contributed by atoms with Gasteiger partial charge in [-0.15, -0.1) is 34.2 Å². The van der Waals surface area contributed by atoms with E-state index in [1.165, 1.54) is 5.56 Å². The molecule has 0 saturated carbocycles. The molecular weight excluding hydrogens is 451 g/mol. The summed E-state index contributed by atoms with van der Waals surface area (Å²) < 4.78 is 2.19. The van der Waals surface area contributed by atoms with Gasteiger partial charge in [-0.05, 0) is 31.0 Å². The summed E-state index contributed by atoms with van der Waals surface area (Å²) >= 11 is 5.95. The number of aliphatic imine (C=N–C) groups is 1. The highest BCUT2D eigenvalue weighted by Gasteiger charge is 2.17. The molecule has 0 unspecified atom stereocenters. The molecule has 1 aliphatic rings. The van der Waals surface area contributed by atoms with E-state index in [-0.39, 0.29) is 24.0 Å². The van der Waals surface area contributed by atoms with E-state index in [4.69, 9.17) is 16.6 Å². The highest BCUT2D eigenvalue weighted by atomic mass is 127. The molecule has 0 bridgehead atoms. The highest BCUT2D eigenvalue weighted by molar-refractivity contribution is 14.0. The van der Waals surface area contributed by atoms with E-state index >= 15 is 0 Å². The zero-order chi connectivity index (χ0) is 16.9. The highest BCUT2D eigenvalue weighted by Crippen LogP contribution is 2.15. The Morgan fingerprint density at radius 1 is 1.32 bits per heavy atom. The van der Waals surface area contributed by atoms with Crippen molar-refractivity contribution in [3.05, 3.63) is 46.5 Å². The Bertz CT molecular complexity index is 712. The topological polar surface area (TPSA) is 58.3 Å². The Balaban J connectivity index is 0.00000225. The fourth-order valence-electron chi connectivity index (χ4n) is 2.88. The Kier molecular flexibility index (Phi) is 7.49. The van der Waals surface area contributed by atoms with Crippen LogP contribution in [0.3, 0.4) is 0 Å². The standard InChI is InChI=1S/C17H23ClN6.HI/c1-3-19-17(23(2)12-13-6-8-14(18)9-7-13)20-11-16-22-21-15-5-4-10-24(15)16;/h6-9H,3-5,10-12H2,1-2H3,(H,19,20);1H. The molecular formula is C17H24ClIN6. The van der Waals surface area contributed by atoms with Crippen LogP contribution in [0.5, 0.6) is 0 Å². The van der Waals surface area contributed by atoms with Gasteiger partial charge in [0, 0.05) is 38.1 Å². The number of hydrogen-bond donors (Lipinski definition) is 1. The summed E-state index contributed by atoms with van der Waals surface area (Å²) in [4.78, 5) is 6.83. The summed E-state index contributed by atoms with van der Waals surface area (Å²) in [5.41, 5.74) is 1.19. The number of aryl methyl sites for hydroxylation is 1. The van der Waals surface area contributed by atoms with Crippen LogP contribution in [0.1, 0.15) is 30.6 Å². The van der Waals surface area contributed by atoms with Gasteiger partial charge in [-0.25, -0.2) is 4.99 Å². The predicted octanol–water partition coefficient (Wildman–Crippen LogP) is 3.09. The third-order valence-corrected chi connectivity index (χ3v) is 4.34. The Morgan fingerprint density at radius 2 is 2.08 bits per heavy atom. The van der Waals surface area contributed by atoms with Crippen LogP contribution < -0.4 is 5.32 Å². The van der Waals surface area contributed by atoms with Crippen molar-refractivity contribution in [2.45, 2.75) is 39.4 Å². The van der Waals surface area contributed by atoms with Crippen molar-refractivity contribution >= 4 is 41.5 Å². The van der Waals surface area contributed by atoms with Crippen molar-refractivity contribution in [1.82, 2.24) is 25.0 Å². The maximum absolute atomic E-state index is 5.95. The molecule has 1 aromatic heterocycles. The Hall–Kier alpha value is -1.35. The number of nitrogens with one attached hydrogen (secondary N) is 1. The molecule has 136 valence electrons. The Labute approximate surface area is 170 Å². The zero-order valence-electron chi connectivity index (χ0n) is 14.6. The maximum atomic E-state index is 5.95. The van der Waals surface area contributed by atoms with E-state index in [0.717, 1.165) is 55.1 Å². The minimum atomic E-state index is 0. The van der Waals surface area contributed by atoms with Gasteiger partial charge in [0.15, 0.2) is 11.8 Å². The molecule has 0 radical (unpaired) electrons. The number of fused-ring (bicyclic) bond motifs is 1. The SMILES string of the molecule is CCNC(=NCc1nnc2n1CCC2)N(C)Cc1ccc(Cl)cc1.I. The fraction of sp³-hybridized carbons (Fsp3) is 0.471. The molecule has 1 aromatic carbocycles. The monoisotopic (exact) mass is 474 g/mol. The van der Waals surface area contributed by atoms with Gasteiger partial charge < -0.3 is 14.8 Å². The first-order valence-electron chi connectivity index (χ1n) is 8.32. The molecule has 0 aliphatic carbocycles. The summed E-state index contributed by atoms with van der Waals surface area (Å²) in [7, 11) is 2.03. The molecule has 1 aliphatic heterocycles. The van der Waals surface area contributed by atoms with E-state index in [1.807, 2.05) is 31.3 Å². The molecule has 2 aromatic rings.